The van der Waals surface area contributed by atoms with Gasteiger partial charge in [-0.05, 0) is 46.6 Å². The lowest BCUT2D eigenvalue weighted by Crippen LogP contribution is -2.32. The summed E-state index contributed by atoms with van der Waals surface area (Å²) >= 11 is 0. The molecule has 2 atom stereocenters. The normalized spacial score (nSPS) is 14.4. The number of ether oxygens (including phenoxy) is 1. The third kappa shape index (κ3) is 5.58. The van der Waals surface area contributed by atoms with Crippen molar-refractivity contribution in [2.45, 2.75) is 71.5 Å². The molecule has 0 spiro atoms. The van der Waals surface area contributed by atoms with Crippen molar-refractivity contribution in [1.82, 2.24) is 0 Å². The molecule has 25 heavy (non-hydrogen) atoms. The van der Waals surface area contributed by atoms with E-state index in [0.29, 0.717) is 16.7 Å². The molecule has 0 bridgehead atoms. The summed E-state index contributed by atoms with van der Waals surface area (Å²) in [6, 6.07) is 2.22. The first-order valence-corrected chi connectivity index (χ1v) is 8.24. The Kier molecular flexibility index (Phi) is 7.92. The van der Waals surface area contributed by atoms with Gasteiger partial charge in [0.25, 0.3) is 0 Å². The van der Waals surface area contributed by atoms with Gasteiger partial charge in [-0.15, -0.1) is 12.4 Å². The standard InChI is InChI=1S/C19H30FNO3.ClH/c1-8-24-17(23)14(20)15(21)11-9-12(18(2,3)4)16(22)13(10-11)19(5,6)7;/h9-10,14-15,22H,8,21H2,1-7H3;1H/t14?,15-;/m1./s1. The molecule has 0 amide bonds. The third-order valence-electron chi connectivity index (χ3n) is 3.96. The Morgan fingerprint density at radius 3 is 1.88 bits per heavy atom. The number of carbonyl (C=O) groups is 1. The molecule has 1 aromatic carbocycles. The van der Waals surface area contributed by atoms with Gasteiger partial charge in [0.2, 0.25) is 6.17 Å². The number of carbonyl (C=O) groups excluding carboxylic acids is 1. The SMILES string of the molecule is CCOC(=O)C(F)[C@H](N)c1cc(C(C)(C)C)c(O)c(C(C)(C)C)c1.Cl. The summed E-state index contributed by atoms with van der Waals surface area (Å²) in [6.45, 7) is 13.5. The summed E-state index contributed by atoms with van der Waals surface area (Å²) in [6.07, 6.45) is -1.95. The maximum absolute atomic E-state index is 14.4. The van der Waals surface area contributed by atoms with Crippen molar-refractivity contribution in [1.29, 1.82) is 0 Å². The molecule has 144 valence electrons. The Hall–Kier alpha value is -1.33. The van der Waals surface area contributed by atoms with E-state index < -0.39 is 18.2 Å². The number of phenolic OH excluding ortho intramolecular Hbond substituents is 1. The predicted octanol–water partition coefficient (Wildman–Crippen LogP) is 4.31. The molecule has 0 aliphatic carbocycles. The first-order valence-electron chi connectivity index (χ1n) is 8.24. The number of hydrogen-bond acceptors (Lipinski definition) is 4. The number of esters is 1. The molecular weight excluding hydrogens is 345 g/mol. The minimum absolute atomic E-state index is 0. The van der Waals surface area contributed by atoms with Gasteiger partial charge in [-0.1, -0.05) is 41.5 Å². The Bertz CT molecular complexity index is 571. The van der Waals surface area contributed by atoms with Gasteiger partial charge >= 0.3 is 5.97 Å². The zero-order valence-corrected chi connectivity index (χ0v) is 17.0. The smallest absolute Gasteiger partial charge is 0.342 e. The van der Waals surface area contributed by atoms with Gasteiger partial charge in [0.05, 0.1) is 12.6 Å². The summed E-state index contributed by atoms with van der Waals surface area (Å²) in [5.41, 5.74) is 7.11. The molecule has 0 radical (unpaired) electrons. The van der Waals surface area contributed by atoms with Crippen LogP contribution in [0.3, 0.4) is 0 Å². The van der Waals surface area contributed by atoms with Crippen LogP contribution in [-0.4, -0.2) is 23.9 Å². The molecule has 0 aliphatic rings. The number of hydrogen-bond donors (Lipinski definition) is 2. The van der Waals surface area contributed by atoms with E-state index in [-0.39, 0.29) is 35.6 Å². The molecule has 4 nitrogen and oxygen atoms in total. The van der Waals surface area contributed by atoms with Crippen LogP contribution in [0, 0.1) is 0 Å². The maximum atomic E-state index is 14.4. The first-order chi connectivity index (χ1) is 10.8. The molecule has 1 unspecified atom stereocenters. The van der Waals surface area contributed by atoms with E-state index in [1.54, 1.807) is 19.1 Å². The predicted molar refractivity (Wildman–Crippen MR) is 101 cm³/mol. The molecule has 0 saturated carbocycles. The number of halogens is 2. The van der Waals surface area contributed by atoms with Gasteiger partial charge in [-0.3, -0.25) is 0 Å². The van der Waals surface area contributed by atoms with Crippen LogP contribution in [0.5, 0.6) is 5.75 Å². The van der Waals surface area contributed by atoms with Crippen molar-refractivity contribution in [3.63, 3.8) is 0 Å². The molecule has 3 N–H and O–H groups in total. The summed E-state index contributed by atoms with van der Waals surface area (Å²) in [4.78, 5) is 11.7. The van der Waals surface area contributed by atoms with Crippen molar-refractivity contribution in [2.24, 2.45) is 5.73 Å². The number of alkyl halides is 1. The summed E-state index contributed by atoms with van der Waals surface area (Å²) in [7, 11) is 0. The van der Waals surface area contributed by atoms with Crippen molar-refractivity contribution in [2.75, 3.05) is 6.61 Å². The average molecular weight is 376 g/mol. The van der Waals surface area contributed by atoms with Gasteiger partial charge in [0.1, 0.15) is 5.75 Å². The number of nitrogens with two attached hydrogens (primary N) is 1. The molecule has 0 saturated heterocycles. The minimum atomic E-state index is -1.95. The quantitative estimate of drug-likeness (QED) is 0.769. The average Bonchev–Trinajstić information content (AvgIpc) is 2.43. The van der Waals surface area contributed by atoms with Crippen molar-refractivity contribution >= 4 is 18.4 Å². The highest BCUT2D eigenvalue weighted by atomic mass is 35.5. The maximum Gasteiger partial charge on any atom is 0.342 e. The fraction of sp³-hybridized carbons (Fsp3) is 0.632. The summed E-state index contributed by atoms with van der Waals surface area (Å²) < 4.78 is 19.1. The van der Waals surface area contributed by atoms with Crippen LogP contribution in [0.15, 0.2) is 12.1 Å². The topological polar surface area (TPSA) is 72.5 Å². The van der Waals surface area contributed by atoms with Gasteiger partial charge in [-0.25, -0.2) is 9.18 Å². The zero-order valence-electron chi connectivity index (χ0n) is 16.1. The lowest BCUT2D eigenvalue weighted by Gasteiger charge is -2.29. The Morgan fingerprint density at radius 2 is 1.56 bits per heavy atom. The van der Waals surface area contributed by atoms with E-state index in [1.165, 1.54) is 0 Å². The number of benzene rings is 1. The largest absolute Gasteiger partial charge is 0.507 e. The van der Waals surface area contributed by atoms with E-state index in [0.717, 1.165) is 0 Å². The molecule has 1 aromatic rings. The third-order valence-corrected chi connectivity index (χ3v) is 3.96. The van der Waals surface area contributed by atoms with Crippen molar-refractivity contribution in [3.05, 3.63) is 28.8 Å². The zero-order chi connectivity index (χ0) is 18.9. The fourth-order valence-electron chi connectivity index (χ4n) is 2.53. The lowest BCUT2D eigenvalue weighted by molar-refractivity contribution is -0.149. The molecule has 0 fully saturated rings. The van der Waals surface area contributed by atoms with Gasteiger partial charge < -0.3 is 15.6 Å². The fourth-order valence-corrected chi connectivity index (χ4v) is 2.53. The van der Waals surface area contributed by atoms with Gasteiger partial charge in [0, 0.05) is 0 Å². The van der Waals surface area contributed by atoms with Crippen molar-refractivity contribution < 1.29 is 19.0 Å². The van der Waals surface area contributed by atoms with Gasteiger partial charge in [0.15, 0.2) is 0 Å². The number of rotatable bonds is 4. The highest BCUT2D eigenvalue weighted by Crippen LogP contribution is 2.41. The van der Waals surface area contributed by atoms with Crippen LogP contribution in [0.4, 0.5) is 4.39 Å². The molecule has 0 heterocycles. The van der Waals surface area contributed by atoms with E-state index in [4.69, 9.17) is 10.5 Å². The lowest BCUT2D eigenvalue weighted by atomic mass is 9.77. The van der Waals surface area contributed by atoms with E-state index in [1.807, 2.05) is 41.5 Å². The molecule has 0 aromatic heterocycles. The minimum Gasteiger partial charge on any atom is -0.507 e. The van der Waals surface area contributed by atoms with Crippen LogP contribution in [0.1, 0.15) is 71.2 Å². The van der Waals surface area contributed by atoms with E-state index in [2.05, 4.69) is 0 Å². The monoisotopic (exact) mass is 375 g/mol. The molecule has 6 heteroatoms. The second kappa shape index (κ2) is 8.37. The molecule has 0 aliphatic heterocycles. The second-order valence-electron chi connectivity index (χ2n) is 8.14. The van der Waals surface area contributed by atoms with E-state index in [9.17, 15) is 14.3 Å². The second-order valence-corrected chi connectivity index (χ2v) is 8.14. The number of aromatic hydroxyl groups is 1. The Morgan fingerprint density at radius 1 is 1.16 bits per heavy atom. The van der Waals surface area contributed by atoms with Gasteiger partial charge in [-0.2, -0.15) is 0 Å². The molecular formula is C19H31ClFNO3. The highest BCUT2D eigenvalue weighted by Gasteiger charge is 2.32. The first kappa shape index (κ1) is 23.7. The summed E-state index contributed by atoms with van der Waals surface area (Å²) in [5, 5.41) is 10.7. The molecule has 1 rings (SSSR count). The highest BCUT2D eigenvalue weighted by molar-refractivity contribution is 5.85. The van der Waals surface area contributed by atoms with Crippen LogP contribution in [0.2, 0.25) is 0 Å². The summed E-state index contributed by atoms with van der Waals surface area (Å²) in [5.74, 6) is -0.773. The van der Waals surface area contributed by atoms with Crippen LogP contribution >= 0.6 is 12.4 Å². The number of phenols is 1. The Balaban J connectivity index is 0.00000576. The van der Waals surface area contributed by atoms with Crippen LogP contribution in [0.25, 0.3) is 0 Å². The van der Waals surface area contributed by atoms with E-state index >= 15 is 0 Å². The van der Waals surface area contributed by atoms with Crippen molar-refractivity contribution in [3.8, 4) is 5.75 Å². The Labute approximate surface area is 156 Å². The van der Waals surface area contributed by atoms with Crippen LogP contribution in [-0.2, 0) is 20.4 Å². The van der Waals surface area contributed by atoms with Crippen LogP contribution < -0.4 is 5.73 Å².